The van der Waals surface area contributed by atoms with E-state index in [2.05, 4.69) is 18.7 Å². The summed E-state index contributed by atoms with van der Waals surface area (Å²) in [7, 11) is -2.98. The maximum Gasteiger partial charge on any atom is 0.214 e. The molecule has 1 fully saturated rings. The molecule has 0 aliphatic carbocycles. The van der Waals surface area contributed by atoms with Gasteiger partial charge in [-0.25, -0.2) is 8.42 Å². The Kier molecular flexibility index (Phi) is 5.89. The van der Waals surface area contributed by atoms with Crippen molar-refractivity contribution in [3.8, 4) is 0 Å². The van der Waals surface area contributed by atoms with Gasteiger partial charge in [0.15, 0.2) is 0 Å². The second kappa shape index (κ2) is 6.71. The third-order valence-electron chi connectivity index (χ3n) is 3.21. The Labute approximate surface area is 106 Å². The van der Waals surface area contributed by atoms with Gasteiger partial charge in [-0.1, -0.05) is 20.8 Å². The lowest BCUT2D eigenvalue weighted by atomic mass is 10.1. The molecular weight excluding hydrogens is 236 g/mol. The largest absolute Gasteiger partial charge is 0.301 e. The van der Waals surface area contributed by atoms with Gasteiger partial charge in [0.05, 0.1) is 5.75 Å². The maximum absolute atomic E-state index is 11.9. The number of hydrogen-bond donors (Lipinski definition) is 0. The van der Waals surface area contributed by atoms with Crippen LogP contribution >= 0.6 is 0 Å². The highest BCUT2D eigenvalue weighted by atomic mass is 32.2. The third-order valence-corrected chi connectivity index (χ3v) is 5.29. The highest BCUT2D eigenvalue weighted by Crippen LogP contribution is 2.10. The van der Waals surface area contributed by atoms with Gasteiger partial charge in [0.2, 0.25) is 10.0 Å². The number of hydrogen-bond acceptors (Lipinski definition) is 3. The molecule has 0 amide bonds. The highest BCUT2D eigenvalue weighted by Gasteiger charge is 2.25. The van der Waals surface area contributed by atoms with Crippen LogP contribution in [0, 0.1) is 5.92 Å². The van der Waals surface area contributed by atoms with Crippen LogP contribution in [0.3, 0.4) is 0 Å². The molecule has 0 saturated carbocycles. The van der Waals surface area contributed by atoms with E-state index >= 15 is 0 Å². The van der Waals surface area contributed by atoms with E-state index in [4.69, 9.17) is 0 Å². The van der Waals surface area contributed by atoms with Crippen molar-refractivity contribution < 1.29 is 8.42 Å². The van der Waals surface area contributed by atoms with E-state index in [1.165, 1.54) is 6.42 Å². The topological polar surface area (TPSA) is 40.6 Å². The average molecular weight is 262 g/mol. The summed E-state index contributed by atoms with van der Waals surface area (Å²) in [6.45, 7) is 10.6. The second-order valence-corrected chi connectivity index (χ2v) is 7.33. The van der Waals surface area contributed by atoms with Gasteiger partial charge < -0.3 is 4.90 Å². The summed E-state index contributed by atoms with van der Waals surface area (Å²) < 4.78 is 25.4. The quantitative estimate of drug-likeness (QED) is 0.726. The van der Waals surface area contributed by atoms with Gasteiger partial charge in [-0.15, -0.1) is 0 Å². The van der Waals surface area contributed by atoms with Crippen LogP contribution in [0.2, 0.25) is 0 Å². The Hall–Kier alpha value is -0.130. The zero-order valence-corrected chi connectivity index (χ0v) is 12.2. The molecule has 0 N–H and O–H groups in total. The average Bonchev–Trinajstić information content (AvgIpc) is 2.27. The Balaban J connectivity index is 2.35. The Morgan fingerprint density at radius 3 is 2.18 bits per heavy atom. The fraction of sp³-hybridized carbons (Fsp3) is 1.00. The van der Waals surface area contributed by atoms with Gasteiger partial charge in [0, 0.05) is 26.2 Å². The SMILES string of the molecule is CCCS(=O)(=O)N1CCN(CCC(C)C)CC1. The lowest BCUT2D eigenvalue weighted by Crippen LogP contribution is -2.49. The van der Waals surface area contributed by atoms with E-state index in [0.717, 1.165) is 25.6 Å². The van der Waals surface area contributed by atoms with Gasteiger partial charge in [-0.2, -0.15) is 4.31 Å². The molecule has 0 spiro atoms. The van der Waals surface area contributed by atoms with Crippen LogP contribution in [0.25, 0.3) is 0 Å². The lowest BCUT2D eigenvalue weighted by Gasteiger charge is -2.34. The van der Waals surface area contributed by atoms with E-state index < -0.39 is 10.0 Å². The zero-order chi connectivity index (χ0) is 12.9. The molecule has 0 atom stereocenters. The van der Waals surface area contributed by atoms with Crippen molar-refractivity contribution in [2.45, 2.75) is 33.6 Å². The van der Waals surface area contributed by atoms with E-state index in [0.29, 0.717) is 25.3 Å². The summed E-state index contributed by atoms with van der Waals surface area (Å²) in [4.78, 5) is 2.37. The molecule has 102 valence electrons. The Bertz CT molecular complexity index is 306. The molecule has 0 bridgehead atoms. The first-order chi connectivity index (χ1) is 7.95. The van der Waals surface area contributed by atoms with Crippen LogP contribution in [0.1, 0.15) is 33.6 Å². The van der Waals surface area contributed by atoms with Crippen molar-refractivity contribution in [2.24, 2.45) is 5.92 Å². The summed E-state index contributed by atoms with van der Waals surface area (Å²) in [5, 5.41) is 0. The van der Waals surface area contributed by atoms with Crippen molar-refractivity contribution >= 4 is 10.0 Å². The van der Waals surface area contributed by atoms with Crippen molar-refractivity contribution in [1.82, 2.24) is 9.21 Å². The number of piperazine rings is 1. The van der Waals surface area contributed by atoms with Crippen LogP contribution in [0.5, 0.6) is 0 Å². The van der Waals surface area contributed by atoms with Gasteiger partial charge >= 0.3 is 0 Å². The van der Waals surface area contributed by atoms with Crippen LogP contribution in [0.15, 0.2) is 0 Å². The van der Waals surface area contributed by atoms with Crippen molar-refractivity contribution in [2.75, 3.05) is 38.5 Å². The molecule has 0 aromatic rings. The van der Waals surface area contributed by atoms with Crippen LogP contribution < -0.4 is 0 Å². The van der Waals surface area contributed by atoms with E-state index in [9.17, 15) is 8.42 Å². The van der Waals surface area contributed by atoms with Crippen molar-refractivity contribution in [3.63, 3.8) is 0 Å². The fourth-order valence-electron chi connectivity index (χ4n) is 2.06. The molecule has 5 heteroatoms. The number of rotatable bonds is 6. The molecule has 0 aromatic carbocycles. The fourth-order valence-corrected chi connectivity index (χ4v) is 3.55. The number of nitrogens with zero attached hydrogens (tertiary/aromatic N) is 2. The van der Waals surface area contributed by atoms with Crippen LogP contribution in [-0.4, -0.2) is 56.1 Å². The molecule has 1 aliphatic heterocycles. The minimum atomic E-state index is -2.98. The smallest absolute Gasteiger partial charge is 0.214 e. The monoisotopic (exact) mass is 262 g/mol. The molecule has 1 heterocycles. The molecule has 0 unspecified atom stereocenters. The van der Waals surface area contributed by atoms with Crippen LogP contribution in [0.4, 0.5) is 0 Å². The summed E-state index contributed by atoms with van der Waals surface area (Å²) in [5.74, 6) is 1.01. The Morgan fingerprint density at radius 1 is 1.12 bits per heavy atom. The highest BCUT2D eigenvalue weighted by molar-refractivity contribution is 7.89. The predicted molar refractivity (Wildman–Crippen MR) is 71.5 cm³/mol. The van der Waals surface area contributed by atoms with Gasteiger partial charge in [-0.3, -0.25) is 0 Å². The predicted octanol–water partition coefficient (Wildman–Crippen LogP) is 1.39. The first kappa shape index (κ1) is 14.9. The van der Waals surface area contributed by atoms with E-state index in [-0.39, 0.29) is 0 Å². The first-order valence-corrected chi connectivity index (χ1v) is 8.26. The van der Waals surface area contributed by atoms with Crippen molar-refractivity contribution in [1.29, 1.82) is 0 Å². The molecule has 1 aliphatic rings. The maximum atomic E-state index is 11.9. The molecule has 1 saturated heterocycles. The second-order valence-electron chi connectivity index (χ2n) is 5.24. The van der Waals surface area contributed by atoms with Gasteiger partial charge in [0.25, 0.3) is 0 Å². The first-order valence-electron chi connectivity index (χ1n) is 6.66. The molecule has 0 radical (unpaired) electrons. The summed E-state index contributed by atoms with van der Waals surface area (Å²) in [6, 6.07) is 0. The van der Waals surface area contributed by atoms with Crippen LogP contribution in [-0.2, 0) is 10.0 Å². The summed E-state index contributed by atoms with van der Waals surface area (Å²) in [6.07, 6.45) is 1.90. The van der Waals surface area contributed by atoms with E-state index in [1.54, 1.807) is 4.31 Å². The molecule has 17 heavy (non-hydrogen) atoms. The molecule has 4 nitrogen and oxygen atoms in total. The summed E-state index contributed by atoms with van der Waals surface area (Å²) >= 11 is 0. The van der Waals surface area contributed by atoms with Crippen molar-refractivity contribution in [3.05, 3.63) is 0 Å². The van der Waals surface area contributed by atoms with Gasteiger partial charge in [-0.05, 0) is 25.3 Å². The number of sulfonamides is 1. The molecular formula is C12H26N2O2S. The lowest BCUT2D eigenvalue weighted by molar-refractivity contribution is 0.180. The van der Waals surface area contributed by atoms with E-state index in [1.807, 2.05) is 6.92 Å². The summed E-state index contributed by atoms with van der Waals surface area (Å²) in [5.41, 5.74) is 0. The minimum absolute atomic E-state index is 0.291. The zero-order valence-electron chi connectivity index (χ0n) is 11.4. The minimum Gasteiger partial charge on any atom is -0.301 e. The normalized spacial score (nSPS) is 20.0. The standard InChI is InChI=1S/C12H26N2O2S/c1-4-11-17(15,16)14-9-7-13(8-10-14)6-5-12(2)3/h12H,4-11H2,1-3H3. The molecule has 0 aromatic heterocycles. The molecule has 1 rings (SSSR count). The third kappa shape index (κ3) is 4.94. The Morgan fingerprint density at radius 2 is 1.71 bits per heavy atom. The van der Waals surface area contributed by atoms with Gasteiger partial charge in [0.1, 0.15) is 0 Å².